The third-order valence-electron chi connectivity index (χ3n) is 17.3. The smallest absolute Gasteiger partial charge is 0.313 e. The molecule has 12 N–H and O–H groups in total. The third kappa shape index (κ3) is 24.2. The van der Waals surface area contributed by atoms with Gasteiger partial charge in [0.1, 0.15) is 28.9 Å². The van der Waals surface area contributed by atoms with Gasteiger partial charge in [-0.15, -0.1) is 0 Å². The van der Waals surface area contributed by atoms with Crippen molar-refractivity contribution in [3.05, 3.63) is 52.6 Å². The highest BCUT2D eigenvalue weighted by atomic mass is 32.2. The Kier molecular flexibility index (Phi) is 33.2. The summed E-state index contributed by atoms with van der Waals surface area (Å²) in [6.45, 7) is 3.11. The maximum Gasteiger partial charge on any atom is 0.313 e. The van der Waals surface area contributed by atoms with Gasteiger partial charge in [0.2, 0.25) is 64.6 Å². The van der Waals surface area contributed by atoms with Gasteiger partial charge < -0.3 is 91.3 Å². The summed E-state index contributed by atoms with van der Waals surface area (Å²) in [7, 11) is -1.01. The number of amides is 8. The number of benzene rings is 2. The van der Waals surface area contributed by atoms with Gasteiger partial charge in [0, 0.05) is 79.3 Å². The van der Waals surface area contributed by atoms with Gasteiger partial charge in [0.15, 0.2) is 23.2 Å². The van der Waals surface area contributed by atoms with E-state index in [0.717, 1.165) is 4.90 Å². The number of fused-ring (bicyclic) bond motifs is 5. The van der Waals surface area contributed by atoms with Crippen LogP contribution in [0.3, 0.4) is 0 Å². The Labute approximate surface area is 585 Å². The van der Waals surface area contributed by atoms with Crippen molar-refractivity contribution in [2.75, 3.05) is 104 Å². The summed E-state index contributed by atoms with van der Waals surface area (Å²) >= 11 is 1.47. The fourth-order valence-corrected chi connectivity index (χ4v) is 13.8. The molecule has 30 nitrogen and oxygen atoms in total. The fourth-order valence-electron chi connectivity index (χ4n) is 11.4. The van der Waals surface area contributed by atoms with Gasteiger partial charge in [0.25, 0.3) is 0 Å². The van der Waals surface area contributed by atoms with E-state index < -0.39 is 229 Å². The number of aliphatic hydroxyl groups excluding tert-OH is 3. The summed E-state index contributed by atoms with van der Waals surface area (Å²) in [5, 5.41) is 47.7. The number of unbranched alkanes of at least 4 members (excludes halogenated alkanes) is 1. The predicted octanol–water partition coefficient (Wildman–Crippen LogP) is -0.298. The second-order valence-corrected chi connectivity index (χ2v) is 27.1. The largest absolute Gasteiger partial charge is 0.496 e. The minimum Gasteiger partial charge on any atom is -0.496 e. The number of nitrogens with one attached hydrogen (secondary N) is 7. The molecule has 0 spiro atoms. The van der Waals surface area contributed by atoms with Gasteiger partial charge in [0.05, 0.1) is 133 Å². The molecule has 1 fully saturated rings. The second kappa shape index (κ2) is 40.8. The molecule has 2 bridgehead atoms. The normalized spacial score (nSPS) is 22.4. The number of Topliss-reactive ketones (excluding diaryl/α,β-unsaturated/α-hetero) is 2. The maximum absolute atomic E-state index is 15.4. The van der Waals surface area contributed by atoms with Crippen LogP contribution in [0.4, 0.5) is 17.6 Å². The molecular weight excluding hydrogens is 1380 g/mol. The number of esters is 1. The van der Waals surface area contributed by atoms with Crippen molar-refractivity contribution in [1.82, 2.24) is 41.8 Å². The first-order chi connectivity index (χ1) is 48.2. The topological polar surface area (TPSA) is 438 Å². The van der Waals surface area contributed by atoms with Crippen LogP contribution in [-0.2, 0) is 94.7 Å². The van der Waals surface area contributed by atoms with Crippen molar-refractivity contribution in [3.63, 3.8) is 0 Å². The number of carbonyl (C=O) groups excluding carboxylic acids is 11. The zero-order valence-corrected chi connectivity index (χ0v) is 58.1. The van der Waals surface area contributed by atoms with E-state index in [-0.39, 0.29) is 87.6 Å². The van der Waals surface area contributed by atoms with Crippen molar-refractivity contribution >= 4 is 98.3 Å². The average molecular weight is 1470 g/mol. The van der Waals surface area contributed by atoms with Gasteiger partial charge in [-0.1, -0.05) is 27.2 Å². The molecular formula is C65H89F4N9O21S2. The van der Waals surface area contributed by atoms with Gasteiger partial charge >= 0.3 is 5.97 Å². The molecule has 101 heavy (non-hydrogen) atoms. The highest BCUT2D eigenvalue weighted by molar-refractivity contribution is 7.98. The van der Waals surface area contributed by atoms with E-state index in [4.69, 9.17) is 29.4 Å². The Morgan fingerprint density at radius 1 is 0.812 bits per heavy atom. The number of halogens is 4. The number of ketones is 2. The van der Waals surface area contributed by atoms with Crippen LogP contribution in [-0.4, -0.2) is 235 Å². The molecule has 0 radical (unpaired) electrons. The summed E-state index contributed by atoms with van der Waals surface area (Å²) in [6.07, 6.45) is -4.72. The molecule has 3 aromatic rings. The van der Waals surface area contributed by atoms with Crippen molar-refractivity contribution in [2.45, 2.75) is 132 Å². The van der Waals surface area contributed by atoms with Gasteiger partial charge in [-0.25, -0.2) is 8.78 Å². The van der Waals surface area contributed by atoms with Gasteiger partial charge in [-0.3, -0.25) is 56.9 Å². The molecule has 2 aromatic carbocycles. The van der Waals surface area contributed by atoms with E-state index in [1.807, 2.05) is 0 Å². The summed E-state index contributed by atoms with van der Waals surface area (Å²) in [5.41, 5.74) is 6.65. The minimum atomic E-state index is -2.44. The molecule has 6 rings (SSSR count). The molecule has 1 aromatic heterocycles. The average Bonchev–Trinajstić information content (AvgIpc) is 1.62. The van der Waals surface area contributed by atoms with E-state index >= 15 is 9.00 Å². The van der Waals surface area contributed by atoms with Crippen LogP contribution in [0.5, 0.6) is 11.5 Å². The number of thioether (sulfide) groups is 1. The second-order valence-electron chi connectivity index (χ2n) is 24.5. The highest BCUT2D eigenvalue weighted by Crippen LogP contribution is 2.38. The van der Waals surface area contributed by atoms with Crippen LogP contribution in [0.15, 0.2) is 23.2 Å². The molecule has 8 amide bonds. The van der Waals surface area contributed by atoms with E-state index in [1.54, 1.807) is 26.0 Å². The van der Waals surface area contributed by atoms with Crippen molar-refractivity contribution in [1.29, 1.82) is 0 Å². The molecule has 0 aliphatic carbocycles. The lowest BCUT2D eigenvalue weighted by Gasteiger charge is -2.32. The number of rotatable bonds is 31. The number of aromatic nitrogens is 1. The maximum atomic E-state index is 15.4. The van der Waals surface area contributed by atoms with Crippen LogP contribution in [0.1, 0.15) is 89.7 Å². The Hall–Kier alpha value is -7.71. The SMILES string of the molecule is CC[C@H](C)[C@@H]1CC(=O)CNC(=O)[C@H]2CC(=O)[C@H]([C@@H](C)[C@@H](O)CO)NC(=O)[C@@H]3C[C@@H](O)CN3C(=O)[C@H](CC(N)=O)NC(=O)[C@@H](CS(=O)c3[nH]c4c(CSCCCCNC(=O)CCOCCOCCOCCOCCC(=O)Oc5c(F)c(F)cc(F)c5F)c(OC)ccc4c3C2)NC(=O)CNC1=O. The Bertz CT molecular complexity index is 3440. The van der Waals surface area contributed by atoms with Crippen LogP contribution in [0.25, 0.3) is 10.9 Å². The Morgan fingerprint density at radius 2 is 1.46 bits per heavy atom. The van der Waals surface area contributed by atoms with Crippen molar-refractivity contribution in [3.8, 4) is 11.5 Å². The van der Waals surface area contributed by atoms with Gasteiger partial charge in [-0.05, 0) is 48.6 Å². The third-order valence-corrected chi connectivity index (χ3v) is 19.8. The first kappa shape index (κ1) is 82.2. The Morgan fingerprint density at radius 3 is 2.09 bits per heavy atom. The predicted molar refractivity (Wildman–Crippen MR) is 352 cm³/mol. The number of nitrogens with zero attached hydrogens (tertiary/aromatic N) is 1. The van der Waals surface area contributed by atoms with E-state index in [2.05, 4.69) is 41.6 Å². The van der Waals surface area contributed by atoms with Crippen molar-refractivity contribution < 1.29 is 118 Å². The van der Waals surface area contributed by atoms with E-state index in [9.17, 15) is 80.8 Å². The number of hydrogen-bond acceptors (Lipinski definition) is 22. The number of nitrogens with two attached hydrogens (primary N) is 1. The molecule has 560 valence electrons. The van der Waals surface area contributed by atoms with Crippen LogP contribution >= 0.6 is 11.8 Å². The molecule has 3 aliphatic rings. The number of H-pyrrole nitrogens is 1. The monoisotopic (exact) mass is 1470 g/mol. The first-order valence-electron chi connectivity index (χ1n) is 33.0. The number of aromatic amines is 1. The quantitative estimate of drug-likeness (QED) is 0.0130. The summed E-state index contributed by atoms with van der Waals surface area (Å²) in [5.74, 6) is -22.4. The zero-order chi connectivity index (χ0) is 74.0. The number of methoxy groups -OCH3 is 1. The minimum absolute atomic E-state index is 0.0153. The van der Waals surface area contributed by atoms with Crippen LogP contribution in [0, 0.1) is 46.9 Å². The van der Waals surface area contributed by atoms with Gasteiger partial charge in [-0.2, -0.15) is 20.5 Å². The molecule has 36 heteroatoms. The summed E-state index contributed by atoms with van der Waals surface area (Å²) in [4.78, 5) is 156. The lowest BCUT2D eigenvalue weighted by atomic mass is 9.85. The summed E-state index contributed by atoms with van der Waals surface area (Å²) in [6, 6.07) is -3.80. The Balaban J connectivity index is 1.14. The van der Waals surface area contributed by atoms with Crippen LogP contribution < -0.4 is 47.1 Å². The molecule has 3 aliphatic heterocycles. The zero-order valence-electron chi connectivity index (χ0n) is 56.4. The highest BCUT2D eigenvalue weighted by Gasteiger charge is 2.45. The number of aliphatic hydroxyl groups is 3. The van der Waals surface area contributed by atoms with E-state index in [1.165, 1.54) is 25.8 Å². The first-order valence-corrected chi connectivity index (χ1v) is 35.5. The molecule has 11 atom stereocenters. The lowest BCUT2D eigenvalue weighted by molar-refractivity contribution is -0.144. The van der Waals surface area contributed by atoms with E-state index in [0.29, 0.717) is 53.8 Å². The fraction of sp³-hybridized carbons (Fsp3) is 0.615. The molecule has 1 unspecified atom stereocenters. The number of carbonyl (C=O) groups is 11. The van der Waals surface area contributed by atoms with Crippen molar-refractivity contribution in [2.24, 2.45) is 29.4 Å². The number of hydrogen-bond donors (Lipinski definition) is 11. The standard InChI is InChI=1S/C65H89F4N9O21S2/c1-5-34(2)40-24-37(80)28-72-60(88)36-22-41-39-8-9-50(94-4)42(32-100-21-7-6-12-71-52(85)10-13-95-15-17-97-19-20-98-18-16-96-14-11-54(87)99-59-55(68)43(66)26-44(67)56(59)69)58(39)77-64(41)101(93)33-46(74-53(86)29-73-61(40)89)62(90)75-45(27-51(70)84)65(92)78-30-38(81)25-47(78)63(91)76-57(48(82)23-36)35(3)49(83)31-79/h8-9,26,34-36,38,40,45-47,49,57,77,79,81,83H,5-7,10-25,27-33H2,1-4H3,(H2,70,84)(H,71,85)(H,72,88)(H,73,89)(H,74,86)(H,75,90)(H,76,91)/t34-,35-,36+,38+,40-,45-,46+,47-,49-,57-,101?/m0/s1. The lowest BCUT2D eigenvalue weighted by Crippen LogP contribution is -2.60. The molecule has 0 saturated carbocycles. The molecule has 4 heterocycles. The van der Waals surface area contributed by atoms with Crippen LogP contribution in [0.2, 0.25) is 0 Å². The number of primary amides is 1. The summed E-state index contributed by atoms with van der Waals surface area (Å²) < 4.78 is 101. The number of ether oxygens (including phenoxy) is 6. The molecule has 1 saturated heterocycles.